The van der Waals surface area contributed by atoms with E-state index in [1.807, 2.05) is 0 Å². The fraction of sp³-hybridized carbons (Fsp3) is 0.0952. The Bertz CT molecular complexity index is 1030. The molecule has 0 saturated carbocycles. The molecule has 154 valence electrons. The molecule has 9 heteroatoms. The van der Waals surface area contributed by atoms with Gasteiger partial charge < -0.3 is 10.6 Å². The fourth-order valence-electron chi connectivity index (χ4n) is 2.53. The zero-order chi connectivity index (χ0) is 21.5. The molecule has 1 aromatic heterocycles. The van der Waals surface area contributed by atoms with E-state index in [2.05, 4.69) is 15.6 Å². The van der Waals surface area contributed by atoms with Crippen LogP contribution in [0, 0.1) is 5.82 Å². The van der Waals surface area contributed by atoms with Crippen molar-refractivity contribution in [3.05, 3.63) is 89.4 Å². The molecule has 5 nitrogen and oxygen atoms in total. The molecule has 2 amide bonds. The molecule has 0 unspecified atom stereocenters. The molecule has 0 atom stereocenters. The zero-order valence-corrected chi connectivity index (χ0v) is 16.3. The number of amides is 2. The van der Waals surface area contributed by atoms with E-state index in [-0.39, 0.29) is 40.6 Å². The van der Waals surface area contributed by atoms with Gasteiger partial charge >= 0.3 is 0 Å². The smallest absolute Gasteiger partial charge is 0.290 e. The first-order chi connectivity index (χ1) is 14.4. The van der Waals surface area contributed by atoms with Gasteiger partial charge in [0.1, 0.15) is 10.8 Å². The summed E-state index contributed by atoms with van der Waals surface area (Å²) in [6.45, 7) is 0.239. The molecule has 0 bridgehead atoms. The summed E-state index contributed by atoms with van der Waals surface area (Å²) in [4.78, 5) is 28.5. The Morgan fingerprint density at radius 1 is 0.967 bits per heavy atom. The minimum atomic E-state index is -2.70. The number of pyridine rings is 1. The summed E-state index contributed by atoms with van der Waals surface area (Å²) in [5.74, 6) is -3.96. The highest BCUT2D eigenvalue weighted by Crippen LogP contribution is 2.26. The molecule has 0 aliphatic carbocycles. The molecule has 0 spiro atoms. The van der Waals surface area contributed by atoms with E-state index in [4.69, 9.17) is 0 Å². The number of nitrogens with one attached hydrogen (secondary N) is 2. The van der Waals surface area contributed by atoms with Gasteiger partial charge in [-0.2, -0.15) is 8.78 Å². The maximum absolute atomic E-state index is 12.9. The molecule has 30 heavy (non-hydrogen) atoms. The zero-order valence-electron chi connectivity index (χ0n) is 15.4. The van der Waals surface area contributed by atoms with Gasteiger partial charge in [-0.3, -0.25) is 9.59 Å². The largest absolute Gasteiger partial charge is 0.348 e. The van der Waals surface area contributed by atoms with Crippen molar-refractivity contribution in [3.63, 3.8) is 0 Å². The van der Waals surface area contributed by atoms with Gasteiger partial charge in [-0.15, -0.1) is 0 Å². The molecule has 0 aliphatic rings. The van der Waals surface area contributed by atoms with Gasteiger partial charge in [-0.25, -0.2) is 9.37 Å². The minimum Gasteiger partial charge on any atom is -0.348 e. The lowest BCUT2D eigenvalue weighted by atomic mass is 10.1. The standard InChI is InChI=1S/C21H16F3N3O2S/c22-15-7-3-13(4-8-15)12-26-18(28)14-5-9-16(10-6-14)27-19(29)17-2-1-11-25-20(17)30-21(23)24/h1-11,21H,12H2,(H,26,28)(H,27,29). The van der Waals surface area contributed by atoms with Crippen LogP contribution in [0.25, 0.3) is 0 Å². The molecule has 1 heterocycles. The lowest BCUT2D eigenvalue weighted by molar-refractivity contribution is 0.0950. The number of rotatable bonds is 7. The van der Waals surface area contributed by atoms with E-state index in [0.29, 0.717) is 11.3 Å². The number of halogens is 3. The summed E-state index contributed by atoms with van der Waals surface area (Å²) >= 11 is 0.196. The Labute approximate surface area is 174 Å². The third-order valence-corrected chi connectivity index (χ3v) is 4.71. The molecular formula is C21H16F3N3O2S. The number of hydrogen-bond acceptors (Lipinski definition) is 4. The summed E-state index contributed by atoms with van der Waals surface area (Å²) in [6, 6.07) is 14.8. The number of aromatic nitrogens is 1. The van der Waals surface area contributed by atoms with Gasteiger partial charge in [-0.1, -0.05) is 12.1 Å². The van der Waals surface area contributed by atoms with Crippen LogP contribution in [0.15, 0.2) is 71.9 Å². The second-order valence-electron chi connectivity index (χ2n) is 6.08. The first-order valence-corrected chi connectivity index (χ1v) is 9.64. The van der Waals surface area contributed by atoms with Crippen LogP contribution in [-0.2, 0) is 6.54 Å². The van der Waals surface area contributed by atoms with Crippen molar-refractivity contribution >= 4 is 29.3 Å². The van der Waals surface area contributed by atoms with Gasteiger partial charge in [0.05, 0.1) is 5.56 Å². The Morgan fingerprint density at radius 2 is 1.67 bits per heavy atom. The molecule has 0 fully saturated rings. The van der Waals surface area contributed by atoms with Gasteiger partial charge in [0.15, 0.2) is 0 Å². The van der Waals surface area contributed by atoms with Gasteiger partial charge in [-0.05, 0) is 65.9 Å². The van der Waals surface area contributed by atoms with Crippen LogP contribution in [0.1, 0.15) is 26.3 Å². The quantitative estimate of drug-likeness (QED) is 0.531. The van der Waals surface area contributed by atoms with Crippen LogP contribution in [0.3, 0.4) is 0 Å². The number of carbonyl (C=O) groups excluding carboxylic acids is 2. The van der Waals surface area contributed by atoms with Crippen molar-refractivity contribution < 1.29 is 22.8 Å². The van der Waals surface area contributed by atoms with Crippen molar-refractivity contribution in [2.45, 2.75) is 17.3 Å². The van der Waals surface area contributed by atoms with E-state index in [1.165, 1.54) is 54.7 Å². The average molecular weight is 431 g/mol. The number of alkyl halides is 2. The second kappa shape index (κ2) is 9.93. The fourth-order valence-corrected chi connectivity index (χ4v) is 3.11. The number of carbonyl (C=O) groups is 2. The van der Waals surface area contributed by atoms with Gasteiger partial charge in [0.2, 0.25) is 0 Å². The normalized spacial score (nSPS) is 10.7. The lowest BCUT2D eigenvalue weighted by Gasteiger charge is -2.10. The van der Waals surface area contributed by atoms with Crippen LogP contribution in [0.5, 0.6) is 0 Å². The third kappa shape index (κ3) is 5.84. The second-order valence-corrected chi connectivity index (χ2v) is 7.05. The number of thioether (sulfide) groups is 1. The average Bonchev–Trinajstić information content (AvgIpc) is 2.73. The Balaban J connectivity index is 1.61. The van der Waals surface area contributed by atoms with Gasteiger partial charge in [0, 0.05) is 24.0 Å². The molecule has 3 aromatic rings. The first-order valence-electron chi connectivity index (χ1n) is 8.76. The summed E-state index contributed by atoms with van der Waals surface area (Å²) in [6.07, 6.45) is 1.33. The number of hydrogen-bond donors (Lipinski definition) is 2. The van der Waals surface area contributed by atoms with Crippen molar-refractivity contribution in [2.75, 3.05) is 5.32 Å². The van der Waals surface area contributed by atoms with Crippen molar-refractivity contribution in [3.8, 4) is 0 Å². The maximum atomic E-state index is 12.9. The Hall–Kier alpha value is -3.33. The highest BCUT2D eigenvalue weighted by Gasteiger charge is 2.17. The predicted octanol–water partition coefficient (Wildman–Crippen LogP) is 4.72. The molecule has 3 rings (SSSR count). The summed E-state index contributed by atoms with van der Waals surface area (Å²) in [7, 11) is 0. The topological polar surface area (TPSA) is 71.1 Å². The van der Waals surface area contributed by atoms with E-state index >= 15 is 0 Å². The van der Waals surface area contributed by atoms with E-state index < -0.39 is 11.7 Å². The molecular weight excluding hydrogens is 415 g/mol. The number of nitrogens with zero attached hydrogens (tertiary/aromatic N) is 1. The molecule has 0 radical (unpaired) electrons. The predicted molar refractivity (Wildman–Crippen MR) is 108 cm³/mol. The Kier molecular flexibility index (Phi) is 7.08. The molecule has 0 aliphatic heterocycles. The summed E-state index contributed by atoms with van der Waals surface area (Å²) in [5.41, 5.74) is 1.55. The van der Waals surface area contributed by atoms with Crippen LogP contribution < -0.4 is 10.6 Å². The summed E-state index contributed by atoms with van der Waals surface area (Å²) < 4.78 is 38.2. The van der Waals surface area contributed by atoms with Crippen molar-refractivity contribution in [1.29, 1.82) is 0 Å². The van der Waals surface area contributed by atoms with E-state index in [9.17, 15) is 22.8 Å². The van der Waals surface area contributed by atoms with Crippen LogP contribution in [-0.4, -0.2) is 22.6 Å². The van der Waals surface area contributed by atoms with Crippen molar-refractivity contribution in [1.82, 2.24) is 10.3 Å². The molecule has 2 N–H and O–H groups in total. The monoisotopic (exact) mass is 431 g/mol. The lowest BCUT2D eigenvalue weighted by Crippen LogP contribution is -2.22. The third-order valence-electron chi connectivity index (χ3n) is 3.99. The summed E-state index contributed by atoms with van der Waals surface area (Å²) in [5, 5.41) is 5.24. The van der Waals surface area contributed by atoms with Gasteiger partial charge in [0.25, 0.3) is 17.6 Å². The van der Waals surface area contributed by atoms with Crippen LogP contribution in [0.4, 0.5) is 18.9 Å². The maximum Gasteiger partial charge on any atom is 0.290 e. The van der Waals surface area contributed by atoms with Crippen LogP contribution in [0.2, 0.25) is 0 Å². The highest BCUT2D eigenvalue weighted by molar-refractivity contribution is 7.99. The van der Waals surface area contributed by atoms with Crippen LogP contribution >= 0.6 is 11.8 Å². The SMILES string of the molecule is O=C(NCc1ccc(F)cc1)c1ccc(NC(=O)c2cccnc2SC(F)F)cc1. The van der Waals surface area contributed by atoms with E-state index in [0.717, 1.165) is 5.56 Å². The minimum absolute atomic E-state index is 0.0314. The highest BCUT2D eigenvalue weighted by atomic mass is 32.2. The Morgan fingerprint density at radius 3 is 2.33 bits per heavy atom. The molecule has 0 saturated heterocycles. The number of anilines is 1. The van der Waals surface area contributed by atoms with Crippen molar-refractivity contribution in [2.24, 2.45) is 0 Å². The van der Waals surface area contributed by atoms with E-state index in [1.54, 1.807) is 12.1 Å². The number of benzene rings is 2. The molecule has 2 aromatic carbocycles. The first kappa shape index (κ1) is 21.4.